The van der Waals surface area contributed by atoms with Crippen molar-refractivity contribution in [2.75, 3.05) is 33.7 Å². The van der Waals surface area contributed by atoms with E-state index in [0.29, 0.717) is 5.92 Å². The molecule has 7 atom stereocenters. The molecule has 0 aromatic heterocycles. The summed E-state index contributed by atoms with van der Waals surface area (Å²) in [5.74, 6) is 0.793. The summed E-state index contributed by atoms with van der Waals surface area (Å²) in [6.07, 6.45) is 5.01. The van der Waals surface area contributed by atoms with Crippen molar-refractivity contribution in [1.29, 1.82) is 0 Å². The molecule has 0 bridgehead atoms. The van der Waals surface area contributed by atoms with Crippen LogP contribution in [0.4, 0.5) is 0 Å². The van der Waals surface area contributed by atoms with Gasteiger partial charge in [-0.05, 0) is 39.3 Å². The number of rotatable bonds is 5. The fourth-order valence-corrected chi connectivity index (χ4v) is 6.03. The standard InChI is InChI=1S/C19H32N2O3/c1-12-6-5-7-18(2)10-14-15(16-19(12,18)24-16)13(17(22)23-14)11-20-8-9-21(3)4/h12-16,20H,5-11H2,1-4H3/t12-,13+,14+,15+,16-,18+,19-/m0/s1. The van der Waals surface area contributed by atoms with Gasteiger partial charge in [0.25, 0.3) is 0 Å². The Kier molecular flexibility index (Phi) is 3.98. The molecule has 4 fully saturated rings. The number of epoxide rings is 1. The number of esters is 1. The summed E-state index contributed by atoms with van der Waals surface area (Å²) in [5.41, 5.74) is 0.201. The Balaban J connectivity index is 1.48. The fraction of sp³-hybridized carbons (Fsp3) is 0.947. The minimum Gasteiger partial charge on any atom is -0.462 e. The van der Waals surface area contributed by atoms with E-state index in [0.717, 1.165) is 26.1 Å². The van der Waals surface area contributed by atoms with Crippen LogP contribution >= 0.6 is 0 Å². The number of nitrogens with one attached hydrogen (secondary N) is 1. The molecular formula is C19H32N2O3. The molecule has 136 valence electrons. The lowest BCUT2D eigenvalue weighted by Gasteiger charge is -2.48. The second kappa shape index (κ2) is 5.68. The number of carbonyl (C=O) groups excluding carboxylic acids is 1. The van der Waals surface area contributed by atoms with Crippen LogP contribution in [-0.2, 0) is 14.3 Å². The maximum Gasteiger partial charge on any atom is 0.311 e. The molecule has 0 amide bonds. The van der Waals surface area contributed by atoms with Gasteiger partial charge in [0.1, 0.15) is 11.7 Å². The number of fused-ring (bicyclic) bond motifs is 2. The van der Waals surface area contributed by atoms with E-state index in [1.165, 1.54) is 19.3 Å². The Labute approximate surface area is 145 Å². The van der Waals surface area contributed by atoms with Gasteiger partial charge in [-0.15, -0.1) is 0 Å². The van der Waals surface area contributed by atoms with Gasteiger partial charge in [0.15, 0.2) is 0 Å². The molecule has 2 aliphatic heterocycles. The molecule has 4 aliphatic rings. The fourth-order valence-electron chi connectivity index (χ4n) is 6.03. The Morgan fingerprint density at radius 1 is 1.38 bits per heavy atom. The topological polar surface area (TPSA) is 54.1 Å². The van der Waals surface area contributed by atoms with Crippen LogP contribution in [0.15, 0.2) is 0 Å². The highest BCUT2D eigenvalue weighted by Gasteiger charge is 2.78. The summed E-state index contributed by atoms with van der Waals surface area (Å²) in [6.45, 7) is 7.32. The second-order valence-electron chi connectivity index (χ2n) is 9.06. The van der Waals surface area contributed by atoms with Crippen LogP contribution in [0.1, 0.15) is 39.5 Å². The van der Waals surface area contributed by atoms with E-state index >= 15 is 0 Å². The molecule has 5 nitrogen and oxygen atoms in total. The molecule has 1 spiro atoms. The lowest BCUT2D eigenvalue weighted by molar-refractivity contribution is -0.146. The number of hydrogen-bond donors (Lipinski definition) is 1. The lowest BCUT2D eigenvalue weighted by Crippen LogP contribution is -2.54. The molecule has 4 rings (SSSR count). The van der Waals surface area contributed by atoms with E-state index in [1.54, 1.807) is 0 Å². The first-order chi connectivity index (χ1) is 11.4. The summed E-state index contributed by atoms with van der Waals surface area (Å²) >= 11 is 0. The highest BCUT2D eigenvalue weighted by atomic mass is 16.6. The Bertz CT molecular complexity index is 525. The molecule has 2 aliphatic carbocycles. The number of ether oxygens (including phenoxy) is 2. The SMILES string of the molecule is C[C@H]1CCC[C@]2(C)C[C@H]3OC(=O)[C@H](CNCCN(C)C)[C@H]3[C@@H]3O[C@@]132. The van der Waals surface area contributed by atoms with Gasteiger partial charge in [0.2, 0.25) is 0 Å². The van der Waals surface area contributed by atoms with E-state index in [1.807, 2.05) is 0 Å². The van der Waals surface area contributed by atoms with Crippen molar-refractivity contribution in [2.45, 2.75) is 57.3 Å². The summed E-state index contributed by atoms with van der Waals surface area (Å²) in [6, 6.07) is 0. The van der Waals surface area contributed by atoms with Crippen molar-refractivity contribution in [3.63, 3.8) is 0 Å². The molecule has 0 aromatic carbocycles. The smallest absolute Gasteiger partial charge is 0.311 e. The van der Waals surface area contributed by atoms with Crippen LogP contribution in [-0.4, -0.2) is 62.4 Å². The molecule has 2 heterocycles. The van der Waals surface area contributed by atoms with Crippen molar-refractivity contribution in [3.8, 4) is 0 Å². The number of carbonyl (C=O) groups is 1. The van der Waals surface area contributed by atoms with Crippen molar-refractivity contribution in [2.24, 2.45) is 23.2 Å². The number of likely N-dealkylation sites (N-methyl/N-ethyl adjacent to an activating group) is 1. The summed E-state index contributed by atoms with van der Waals surface area (Å²) in [7, 11) is 4.13. The molecule has 2 saturated carbocycles. The highest BCUT2D eigenvalue weighted by molar-refractivity contribution is 5.76. The monoisotopic (exact) mass is 336 g/mol. The van der Waals surface area contributed by atoms with Gasteiger partial charge in [-0.3, -0.25) is 4.79 Å². The first kappa shape index (κ1) is 16.8. The average molecular weight is 336 g/mol. The molecule has 0 radical (unpaired) electrons. The van der Waals surface area contributed by atoms with E-state index in [2.05, 4.69) is 38.2 Å². The first-order valence-corrected chi connectivity index (χ1v) is 9.63. The molecule has 0 unspecified atom stereocenters. The summed E-state index contributed by atoms with van der Waals surface area (Å²) < 4.78 is 12.3. The van der Waals surface area contributed by atoms with E-state index in [9.17, 15) is 4.79 Å². The minimum atomic E-state index is -0.0415. The highest BCUT2D eigenvalue weighted by Crippen LogP contribution is 2.70. The Morgan fingerprint density at radius 2 is 2.17 bits per heavy atom. The second-order valence-corrected chi connectivity index (χ2v) is 9.06. The van der Waals surface area contributed by atoms with Gasteiger partial charge in [0, 0.05) is 31.0 Å². The largest absolute Gasteiger partial charge is 0.462 e. The maximum absolute atomic E-state index is 12.5. The number of nitrogens with zero attached hydrogens (tertiary/aromatic N) is 1. The first-order valence-electron chi connectivity index (χ1n) is 9.63. The third-order valence-corrected chi connectivity index (χ3v) is 7.29. The van der Waals surface area contributed by atoms with Gasteiger partial charge < -0.3 is 19.7 Å². The zero-order valence-corrected chi connectivity index (χ0v) is 15.5. The van der Waals surface area contributed by atoms with Crippen LogP contribution in [0.2, 0.25) is 0 Å². The van der Waals surface area contributed by atoms with Gasteiger partial charge in [-0.25, -0.2) is 0 Å². The van der Waals surface area contributed by atoms with Gasteiger partial charge in [-0.2, -0.15) is 0 Å². The molecule has 24 heavy (non-hydrogen) atoms. The van der Waals surface area contributed by atoms with Crippen LogP contribution in [0.3, 0.4) is 0 Å². The summed E-state index contributed by atoms with van der Waals surface area (Å²) in [4.78, 5) is 14.6. The lowest BCUT2D eigenvalue weighted by atomic mass is 9.53. The van der Waals surface area contributed by atoms with Crippen LogP contribution in [0, 0.1) is 23.2 Å². The molecule has 1 N–H and O–H groups in total. The zero-order valence-electron chi connectivity index (χ0n) is 15.5. The predicted molar refractivity (Wildman–Crippen MR) is 91.6 cm³/mol. The average Bonchev–Trinajstić information content (AvgIpc) is 3.18. The van der Waals surface area contributed by atoms with Crippen molar-refractivity contribution in [1.82, 2.24) is 10.2 Å². The van der Waals surface area contributed by atoms with E-state index in [-0.39, 0.29) is 41.0 Å². The third-order valence-electron chi connectivity index (χ3n) is 7.29. The maximum atomic E-state index is 12.5. The quantitative estimate of drug-likeness (QED) is 0.470. The van der Waals surface area contributed by atoms with Gasteiger partial charge in [0.05, 0.1) is 12.0 Å². The van der Waals surface area contributed by atoms with Crippen molar-refractivity contribution >= 4 is 5.97 Å². The molecule has 0 aromatic rings. The van der Waals surface area contributed by atoms with E-state index in [4.69, 9.17) is 9.47 Å². The predicted octanol–water partition coefficient (Wildman–Crippen LogP) is 1.66. The molecule has 5 heteroatoms. The molecular weight excluding hydrogens is 304 g/mol. The third kappa shape index (κ3) is 2.27. The molecule has 2 saturated heterocycles. The van der Waals surface area contributed by atoms with Crippen molar-refractivity contribution < 1.29 is 14.3 Å². The van der Waals surface area contributed by atoms with Crippen LogP contribution in [0.5, 0.6) is 0 Å². The summed E-state index contributed by atoms with van der Waals surface area (Å²) in [5, 5.41) is 3.45. The van der Waals surface area contributed by atoms with Gasteiger partial charge >= 0.3 is 5.97 Å². The Hall–Kier alpha value is -0.650. The van der Waals surface area contributed by atoms with Crippen LogP contribution in [0.25, 0.3) is 0 Å². The van der Waals surface area contributed by atoms with Crippen LogP contribution < -0.4 is 5.32 Å². The zero-order chi connectivity index (χ0) is 17.1. The Morgan fingerprint density at radius 3 is 2.92 bits per heavy atom. The van der Waals surface area contributed by atoms with Crippen molar-refractivity contribution in [3.05, 3.63) is 0 Å². The van der Waals surface area contributed by atoms with E-state index < -0.39 is 0 Å². The minimum absolute atomic E-state index is 0.0112. The van der Waals surface area contributed by atoms with Gasteiger partial charge in [-0.1, -0.05) is 20.3 Å². The number of hydrogen-bond acceptors (Lipinski definition) is 5. The normalized spacial score (nSPS) is 49.4.